The lowest BCUT2D eigenvalue weighted by Crippen LogP contribution is -1.89. The maximum absolute atomic E-state index is 10.5. The van der Waals surface area contributed by atoms with Crippen molar-refractivity contribution in [3.63, 3.8) is 0 Å². The highest BCUT2D eigenvalue weighted by Crippen LogP contribution is 2.06. The minimum atomic E-state index is -2.62. The lowest BCUT2D eigenvalue weighted by atomic mass is 10.3. The third-order valence-corrected chi connectivity index (χ3v) is 1.11. The first kappa shape index (κ1) is 12.4. The Morgan fingerprint density at radius 2 is 1.86 bits per heavy atom. The Bertz CT molecular complexity index is 284. The summed E-state index contributed by atoms with van der Waals surface area (Å²) in [6.07, 6.45) is 1.46. The molecule has 0 radical (unpaired) electrons. The van der Waals surface area contributed by atoms with Crippen molar-refractivity contribution in [2.75, 3.05) is 7.11 Å². The molecule has 0 spiro atoms. The molecule has 1 aromatic rings. The minimum absolute atomic E-state index is 0.646. The normalized spacial score (nSPS) is 8.57. The number of rotatable bonds is 2. The molecule has 1 rings (SSSR count). The van der Waals surface area contributed by atoms with Crippen LogP contribution in [-0.4, -0.2) is 19.8 Å². The van der Waals surface area contributed by atoms with E-state index in [1.54, 1.807) is 12.1 Å². The zero-order valence-corrected chi connectivity index (χ0v) is 7.48. The Morgan fingerprint density at radius 3 is 2.21 bits per heavy atom. The summed E-state index contributed by atoms with van der Waals surface area (Å²) in [6.45, 7) is -2.62. The molecule has 0 N–H and O–H groups in total. The second-order valence-corrected chi connectivity index (χ2v) is 2.03. The Hall–Kier alpha value is -1.58. The third kappa shape index (κ3) is 7.09. The van der Waals surface area contributed by atoms with Crippen molar-refractivity contribution in [1.29, 1.82) is 0 Å². The standard InChI is InChI=1S/C7H5NO.C2H4F2O/c9-6-8-7-4-2-1-3-5-7;1-5-2(3)4/h1-5H;2H,1H3. The number of benzene rings is 1. The highest BCUT2D eigenvalue weighted by atomic mass is 19.3. The van der Waals surface area contributed by atoms with Crippen LogP contribution in [0.1, 0.15) is 0 Å². The first-order chi connectivity index (χ1) is 6.70. The van der Waals surface area contributed by atoms with E-state index >= 15 is 0 Å². The Balaban J connectivity index is 0.000000292. The molecule has 0 heterocycles. The van der Waals surface area contributed by atoms with Crippen LogP contribution in [0, 0.1) is 0 Å². The SMILES string of the molecule is COC(F)F.O=C=Nc1ccccc1. The monoisotopic (exact) mass is 201 g/mol. The maximum atomic E-state index is 10.5. The lowest BCUT2D eigenvalue weighted by molar-refractivity contribution is -0.105. The van der Waals surface area contributed by atoms with Crippen molar-refractivity contribution < 1.29 is 18.3 Å². The smallest absolute Gasteiger partial charge is 0.326 e. The van der Waals surface area contributed by atoms with Gasteiger partial charge in [0.15, 0.2) is 0 Å². The summed E-state index contributed by atoms with van der Waals surface area (Å²) in [5, 5.41) is 0. The van der Waals surface area contributed by atoms with E-state index in [-0.39, 0.29) is 0 Å². The van der Waals surface area contributed by atoms with Crippen LogP contribution in [0.25, 0.3) is 0 Å². The maximum Gasteiger partial charge on any atom is 0.345 e. The van der Waals surface area contributed by atoms with Crippen LogP contribution in [0.5, 0.6) is 0 Å². The van der Waals surface area contributed by atoms with E-state index in [2.05, 4.69) is 9.73 Å². The van der Waals surface area contributed by atoms with Gasteiger partial charge < -0.3 is 4.74 Å². The molecule has 0 amide bonds. The van der Waals surface area contributed by atoms with E-state index in [4.69, 9.17) is 0 Å². The number of hydrogen-bond donors (Lipinski definition) is 0. The average Bonchev–Trinajstić information content (AvgIpc) is 2.21. The molecule has 0 fully saturated rings. The average molecular weight is 201 g/mol. The molecule has 0 atom stereocenters. The van der Waals surface area contributed by atoms with Gasteiger partial charge in [0.05, 0.1) is 5.69 Å². The largest absolute Gasteiger partial charge is 0.345 e. The first-order valence-corrected chi connectivity index (χ1v) is 3.64. The molecule has 1 aromatic carbocycles. The lowest BCUT2D eigenvalue weighted by Gasteiger charge is -1.85. The van der Waals surface area contributed by atoms with E-state index in [0.717, 1.165) is 7.11 Å². The summed E-state index contributed by atoms with van der Waals surface area (Å²) in [6, 6.07) is 8.98. The van der Waals surface area contributed by atoms with Gasteiger partial charge in [-0.05, 0) is 12.1 Å². The third-order valence-electron chi connectivity index (χ3n) is 1.11. The van der Waals surface area contributed by atoms with Gasteiger partial charge in [0.25, 0.3) is 0 Å². The van der Waals surface area contributed by atoms with Crippen molar-refractivity contribution in [2.24, 2.45) is 4.99 Å². The topological polar surface area (TPSA) is 38.7 Å². The van der Waals surface area contributed by atoms with Gasteiger partial charge >= 0.3 is 6.61 Å². The van der Waals surface area contributed by atoms with Crippen LogP contribution < -0.4 is 0 Å². The number of halogens is 2. The number of carbonyl (C=O) groups excluding carboxylic acids is 1. The van der Waals surface area contributed by atoms with Gasteiger partial charge in [0, 0.05) is 7.11 Å². The number of ether oxygens (including phenoxy) is 1. The van der Waals surface area contributed by atoms with E-state index in [1.807, 2.05) is 18.2 Å². The highest BCUT2D eigenvalue weighted by Gasteiger charge is 1.90. The number of para-hydroxylation sites is 1. The van der Waals surface area contributed by atoms with Crippen LogP contribution in [0.2, 0.25) is 0 Å². The molecule has 0 unspecified atom stereocenters. The number of nitrogens with zero attached hydrogens (tertiary/aromatic N) is 1. The van der Waals surface area contributed by atoms with Crippen LogP contribution in [-0.2, 0) is 9.53 Å². The molecule has 0 aliphatic rings. The molecule has 0 saturated heterocycles. The number of aliphatic imine (C=N–C) groups is 1. The van der Waals surface area contributed by atoms with Crippen LogP contribution in [0.15, 0.2) is 35.3 Å². The van der Waals surface area contributed by atoms with Crippen molar-refractivity contribution in [2.45, 2.75) is 6.61 Å². The Kier molecular flexibility index (Phi) is 7.13. The molecule has 76 valence electrons. The molecule has 0 aliphatic carbocycles. The summed E-state index contributed by atoms with van der Waals surface area (Å²) in [5.74, 6) is 0. The van der Waals surface area contributed by atoms with Gasteiger partial charge in [-0.3, -0.25) is 0 Å². The predicted octanol–water partition coefficient (Wildman–Crippen LogP) is 2.51. The quantitative estimate of drug-likeness (QED) is 0.544. The fraction of sp³-hybridized carbons (Fsp3) is 0.222. The van der Waals surface area contributed by atoms with Crippen LogP contribution in [0.3, 0.4) is 0 Å². The number of methoxy groups -OCH3 is 1. The molecular weight excluding hydrogens is 192 g/mol. The fourth-order valence-electron chi connectivity index (χ4n) is 0.555. The molecule has 0 saturated carbocycles. The first-order valence-electron chi connectivity index (χ1n) is 3.64. The Labute approximate surface area is 80.0 Å². The van der Waals surface area contributed by atoms with Crippen molar-refractivity contribution in [3.05, 3.63) is 30.3 Å². The molecule has 0 bridgehead atoms. The van der Waals surface area contributed by atoms with E-state index in [1.165, 1.54) is 6.08 Å². The van der Waals surface area contributed by atoms with Crippen molar-refractivity contribution >= 4 is 11.8 Å². The van der Waals surface area contributed by atoms with E-state index in [0.29, 0.717) is 5.69 Å². The minimum Gasteiger partial charge on any atom is -0.326 e. The molecule has 0 aromatic heterocycles. The number of isocyanates is 1. The van der Waals surface area contributed by atoms with Crippen molar-refractivity contribution in [1.82, 2.24) is 0 Å². The molecule has 14 heavy (non-hydrogen) atoms. The summed E-state index contributed by atoms with van der Waals surface area (Å²) >= 11 is 0. The second kappa shape index (κ2) is 8.04. The van der Waals surface area contributed by atoms with Gasteiger partial charge in [0.2, 0.25) is 6.08 Å². The Morgan fingerprint density at radius 1 is 1.36 bits per heavy atom. The zero-order chi connectivity index (χ0) is 10.8. The second-order valence-electron chi connectivity index (χ2n) is 2.03. The van der Waals surface area contributed by atoms with Crippen LogP contribution in [0.4, 0.5) is 14.5 Å². The fourth-order valence-corrected chi connectivity index (χ4v) is 0.555. The summed E-state index contributed by atoms with van der Waals surface area (Å²) < 4.78 is 24.5. The molecule has 3 nitrogen and oxygen atoms in total. The van der Waals surface area contributed by atoms with E-state index < -0.39 is 6.61 Å². The van der Waals surface area contributed by atoms with Crippen molar-refractivity contribution in [3.8, 4) is 0 Å². The summed E-state index contributed by atoms with van der Waals surface area (Å²) in [5.41, 5.74) is 0.646. The van der Waals surface area contributed by atoms with Gasteiger partial charge in [-0.25, -0.2) is 4.79 Å². The highest BCUT2D eigenvalue weighted by molar-refractivity contribution is 5.47. The zero-order valence-electron chi connectivity index (χ0n) is 7.48. The summed E-state index contributed by atoms with van der Waals surface area (Å²) in [7, 11) is 0.949. The van der Waals surface area contributed by atoms with Gasteiger partial charge in [-0.15, -0.1) is 0 Å². The molecular formula is C9H9F2NO2. The van der Waals surface area contributed by atoms with E-state index in [9.17, 15) is 13.6 Å². The van der Waals surface area contributed by atoms with Gasteiger partial charge in [-0.2, -0.15) is 13.8 Å². The van der Waals surface area contributed by atoms with Gasteiger partial charge in [0.1, 0.15) is 0 Å². The molecule has 5 heteroatoms. The molecule has 0 aliphatic heterocycles. The summed E-state index contributed by atoms with van der Waals surface area (Å²) in [4.78, 5) is 13.1. The van der Waals surface area contributed by atoms with Gasteiger partial charge in [-0.1, -0.05) is 18.2 Å². The number of alkyl halides is 2. The predicted molar refractivity (Wildman–Crippen MR) is 47.2 cm³/mol. The number of hydrogen-bond acceptors (Lipinski definition) is 3. The van der Waals surface area contributed by atoms with Crippen LogP contribution >= 0.6 is 0 Å².